The van der Waals surface area contributed by atoms with Crippen LogP contribution in [-0.4, -0.2) is 13.1 Å². The van der Waals surface area contributed by atoms with Gasteiger partial charge in [-0.1, -0.05) is 18.6 Å². The van der Waals surface area contributed by atoms with Gasteiger partial charge in [0, 0.05) is 17.3 Å². The molecule has 1 heterocycles. The van der Waals surface area contributed by atoms with Gasteiger partial charge in [0.2, 0.25) is 0 Å². The van der Waals surface area contributed by atoms with Gasteiger partial charge in [-0.05, 0) is 45.5 Å². The Balaban J connectivity index is 2.24. The molecule has 0 fully saturated rings. The number of hydrogen-bond acceptors (Lipinski definition) is 2. The van der Waals surface area contributed by atoms with Gasteiger partial charge in [-0.15, -0.1) is 0 Å². The Morgan fingerprint density at radius 1 is 1.24 bits per heavy atom. The van der Waals surface area contributed by atoms with Crippen molar-refractivity contribution in [1.82, 2.24) is 5.32 Å². The summed E-state index contributed by atoms with van der Waals surface area (Å²) in [5, 5.41) is 4.48. The van der Waals surface area contributed by atoms with Crippen LogP contribution in [0.2, 0.25) is 0 Å². The van der Waals surface area contributed by atoms with Gasteiger partial charge in [0.05, 0.1) is 0 Å². The highest BCUT2D eigenvalue weighted by Gasteiger charge is 2.14. The van der Waals surface area contributed by atoms with Gasteiger partial charge in [0.15, 0.2) is 0 Å². The van der Waals surface area contributed by atoms with Crippen molar-refractivity contribution in [2.24, 2.45) is 0 Å². The zero-order valence-corrected chi connectivity index (χ0v) is 11.1. The number of nitrogens with one attached hydrogen (secondary N) is 1. The van der Waals surface area contributed by atoms with Crippen LogP contribution in [0.15, 0.2) is 28.7 Å². The minimum absolute atomic E-state index is 0.449. The van der Waals surface area contributed by atoms with Crippen molar-refractivity contribution in [3.8, 4) is 0 Å². The van der Waals surface area contributed by atoms with Crippen LogP contribution in [0.4, 0.5) is 0 Å². The fourth-order valence-corrected chi connectivity index (χ4v) is 2.19. The van der Waals surface area contributed by atoms with E-state index >= 15 is 0 Å². The molecule has 0 saturated carbocycles. The third-order valence-corrected chi connectivity index (χ3v) is 3.38. The summed E-state index contributed by atoms with van der Waals surface area (Å²) in [7, 11) is 2.00. The molecule has 1 aromatic heterocycles. The van der Waals surface area contributed by atoms with Crippen LogP contribution in [0.1, 0.15) is 37.5 Å². The van der Waals surface area contributed by atoms with Crippen molar-refractivity contribution in [3.63, 3.8) is 0 Å². The molecule has 2 atom stereocenters. The van der Waals surface area contributed by atoms with Crippen LogP contribution in [0.3, 0.4) is 0 Å². The van der Waals surface area contributed by atoms with Gasteiger partial charge in [0.25, 0.3) is 0 Å². The maximum atomic E-state index is 5.90. The lowest BCUT2D eigenvalue weighted by atomic mass is 10.00. The first kappa shape index (κ1) is 12.2. The van der Waals surface area contributed by atoms with Crippen molar-refractivity contribution in [2.75, 3.05) is 7.05 Å². The fraction of sp³-hybridized carbons (Fsp3) is 0.467. The average molecular weight is 231 g/mol. The Hall–Kier alpha value is -1.28. The van der Waals surface area contributed by atoms with E-state index in [1.165, 1.54) is 10.9 Å². The highest BCUT2D eigenvalue weighted by atomic mass is 16.3. The minimum atomic E-state index is 0.449. The summed E-state index contributed by atoms with van der Waals surface area (Å²) in [4.78, 5) is 0. The van der Waals surface area contributed by atoms with Crippen LogP contribution in [-0.2, 0) is 0 Å². The number of rotatable bonds is 4. The van der Waals surface area contributed by atoms with Crippen LogP contribution < -0.4 is 5.32 Å². The number of hydrogen-bond donors (Lipinski definition) is 1. The van der Waals surface area contributed by atoms with E-state index in [2.05, 4.69) is 50.4 Å². The summed E-state index contributed by atoms with van der Waals surface area (Å²) in [6.45, 7) is 6.53. The molecule has 0 aliphatic rings. The Morgan fingerprint density at radius 2 is 2.00 bits per heavy atom. The zero-order valence-electron chi connectivity index (χ0n) is 11.1. The molecule has 0 aliphatic heterocycles. The topological polar surface area (TPSA) is 25.2 Å². The molecule has 0 bridgehead atoms. The second kappa shape index (κ2) is 4.92. The van der Waals surface area contributed by atoms with Crippen molar-refractivity contribution < 1.29 is 4.42 Å². The number of fused-ring (bicyclic) bond motifs is 1. The van der Waals surface area contributed by atoms with Crippen LogP contribution >= 0.6 is 0 Å². The van der Waals surface area contributed by atoms with E-state index in [1.807, 2.05) is 7.05 Å². The summed E-state index contributed by atoms with van der Waals surface area (Å²) in [6.07, 6.45) is 1.09. The van der Waals surface area contributed by atoms with Gasteiger partial charge >= 0.3 is 0 Å². The van der Waals surface area contributed by atoms with Crippen molar-refractivity contribution in [3.05, 3.63) is 35.6 Å². The standard InChI is InChI=1S/C15H21NO/c1-10-5-6-14-13(7-10)9-15(17-14)11(2)8-12(3)16-4/h5-7,9,11-12,16H,8H2,1-4H3. The summed E-state index contributed by atoms with van der Waals surface area (Å²) >= 11 is 0. The van der Waals surface area contributed by atoms with Gasteiger partial charge in [-0.3, -0.25) is 0 Å². The monoisotopic (exact) mass is 231 g/mol. The van der Waals surface area contributed by atoms with E-state index < -0.39 is 0 Å². The summed E-state index contributed by atoms with van der Waals surface area (Å²) in [6, 6.07) is 9.02. The second-order valence-corrected chi connectivity index (χ2v) is 5.02. The highest BCUT2D eigenvalue weighted by molar-refractivity contribution is 5.78. The first-order valence-corrected chi connectivity index (χ1v) is 6.27. The van der Waals surface area contributed by atoms with Crippen molar-refractivity contribution >= 4 is 11.0 Å². The molecule has 92 valence electrons. The number of aryl methyl sites for hydroxylation is 1. The van der Waals surface area contributed by atoms with E-state index in [0.29, 0.717) is 12.0 Å². The molecule has 2 aromatic rings. The molecule has 0 spiro atoms. The molecule has 2 rings (SSSR count). The molecule has 2 heteroatoms. The SMILES string of the molecule is CNC(C)CC(C)c1cc2cc(C)ccc2o1. The Morgan fingerprint density at radius 3 is 2.71 bits per heavy atom. The first-order chi connectivity index (χ1) is 8.10. The molecule has 0 aliphatic carbocycles. The normalized spacial score (nSPS) is 15.1. The van der Waals surface area contributed by atoms with Gasteiger partial charge in [-0.2, -0.15) is 0 Å². The molecule has 2 unspecified atom stereocenters. The Bertz CT molecular complexity index is 501. The molecule has 1 aromatic carbocycles. The van der Waals surface area contributed by atoms with E-state index in [-0.39, 0.29) is 0 Å². The van der Waals surface area contributed by atoms with Gasteiger partial charge < -0.3 is 9.73 Å². The van der Waals surface area contributed by atoms with E-state index in [0.717, 1.165) is 17.8 Å². The lowest BCUT2D eigenvalue weighted by Gasteiger charge is -2.14. The van der Waals surface area contributed by atoms with Crippen LogP contribution in [0.25, 0.3) is 11.0 Å². The molecule has 0 radical (unpaired) electrons. The molecule has 17 heavy (non-hydrogen) atoms. The number of benzene rings is 1. The third kappa shape index (κ3) is 2.70. The second-order valence-electron chi connectivity index (χ2n) is 5.02. The molecule has 0 amide bonds. The van der Waals surface area contributed by atoms with E-state index in [9.17, 15) is 0 Å². The Kier molecular flexibility index (Phi) is 3.53. The first-order valence-electron chi connectivity index (χ1n) is 6.27. The quantitative estimate of drug-likeness (QED) is 0.864. The third-order valence-electron chi connectivity index (χ3n) is 3.38. The smallest absolute Gasteiger partial charge is 0.134 e. The van der Waals surface area contributed by atoms with Crippen molar-refractivity contribution in [1.29, 1.82) is 0 Å². The van der Waals surface area contributed by atoms with E-state index in [1.54, 1.807) is 0 Å². The fourth-order valence-electron chi connectivity index (χ4n) is 2.19. The maximum absolute atomic E-state index is 5.90. The summed E-state index contributed by atoms with van der Waals surface area (Å²) in [5.74, 6) is 1.54. The van der Waals surface area contributed by atoms with Crippen molar-refractivity contribution in [2.45, 2.75) is 39.2 Å². The molecule has 0 saturated heterocycles. The summed E-state index contributed by atoms with van der Waals surface area (Å²) in [5.41, 5.74) is 2.27. The predicted molar refractivity (Wildman–Crippen MR) is 72.5 cm³/mol. The van der Waals surface area contributed by atoms with Gasteiger partial charge in [-0.25, -0.2) is 0 Å². The zero-order chi connectivity index (χ0) is 12.4. The van der Waals surface area contributed by atoms with Crippen LogP contribution in [0, 0.1) is 6.92 Å². The molecular formula is C15H21NO. The number of furan rings is 1. The average Bonchev–Trinajstić information content (AvgIpc) is 2.71. The molecular weight excluding hydrogens is 210 g/mol. The lowest BCUT2D eigenvalue weighted by molar-refractivity contribution is 0.445. The summed E-state index contributed by atoms with van der Waals surface area (Å²) < 4.78 is 5.90. The van der Waals surface area contributed by atoms with Crippen LogP contribution in [0.5, 0.6) is 0 Å². The lowest BCUT2D eigenvalue weighted by Crippen LogP contribution is -2.22. The largest absolute Gasteiger partial charge is 0.461 e. The highest BCUT2D eigenvalue weighted by Crippen LogP contribution is 2.28. The Labute approximate surface area is 103 Å². The predicted octanol–water partition coefficient (Wildman–Crippen LogP) is 3.84. The molecule has 1 N–H and O–H groups in total. The van der Waals surface area contributed by atoms with E-state index in [4.69, 9.17) is 4.42 Å². The van der Waals surface area contributed by atoms with Gasteiger partial charge in [0.1, 0.15) is 11.3 Å². The minimum Gasteiger partial charge on any atom is -0.461 e. The molecule has 2 nitrogen and oxygen atoms in total. The maximum Gasteiger partial charge on any atom is 0.134 e.